The van der Waals surface area contributed by atoms with Crippen LogP contribution in [0.15, 0.2) is 0 Å². The number of hydrogen-bond acceptors (Lipinski definition) is 2. The SMILES string of the molecule is COC(=O)C1(CC2CCCCCCCCC2)CCC1. The Balaban J connectivity index is 1.88. The van der Waals surface area contributed by atoms with Crippen LogP contribution in [0.25, 0.3) is 0 Å². The summed E-state index contributed by atoms with van der Waals surface area (Å²) in [4.78, 5) is 12.0. The molecule has 0 aliphatic heterocycles. The van der Waals surface area contributed by atoms with E-state index in [1.54, 1.807) is 7.11 Å². The summed E-state index contributed by atoms with van der Waals surface area (Å²) in [5.74, 6) is 0.827. The second kappa shape index (κ2) is 7.31. The van der Waals surface area contributed by atoms with Crippen LogP contribution in [-0.2, 0) is 9.53 Å². The van der Waals surface area contributed by atoms with Crippen molar-refractivity contribution in [2.45, 2.75) is 83.5 Å². The van der Waals surface area contributed by atoms with Crippen LogP contribution < -0.4 is 0 Å². The van der Waals surface area contributed by atoms with Gasteiger partial charge in [-0.3, -0.25) is 4.79 Å². The average Bonchev–Trinajstić information content (AvgIpc) is 2.40. The summed E-state index contributed by atoms with van der Waals surface area (Å²) in [6, 6.07) is 0. The second-order valence-corrected chi connectivity index (χ2v) is 6.75. The van der Waals surface area contributed by atoms with Crippen LogP contribution in [0, 0.1) is 11.3 Å². The number of esters is 1. The highest BCUT2D eigenvalue weighted by Gasteiger charge is 2.46. The monoisotopic (exact) mass is 266 g/mol. The normalized spacial score (nSPS) is 25.3. The van der Waals surface area contributed by atoms with Crippen molar-refractivity contribution in [3.63, 3.8) is 0 Å². The molecule has 19 heavy (non-hydrogen) atoms. The van der Waals surface area contributed by atoms with Gasteiger partial charge in [-0.1, -0.05) is 64.2 Å². The lowest BCUT2D eigenvalue weighted by Crippen LogP contribution is -2.40. The Hall–Kier alpha value is -0.530. The van der Waals surface area contributed by atoms with Gasteiger partial charge in [0.05, 0.1) is 12.5 Å². The van der Waals surface area contributed by atoms with E-state index in [1.807, 2.05) is 0 Å². The first-order valence-electron chi connectivity index (χ1n) is 8.35. The van der Waals surface area contributed by atoms with Gasteiger partial charge in [0.2, 0.25) is 0 Å². The Kier molecular flexibility index (Phi) is 5.72. The third kappa shape index (κ3) is 3.97. The number of carbonyl (C=O) groups excluding carboxylic acids is 1. The molecule has 2 nitrogen and oxygen atoms in total. The fourth-order valence-corrected chi connectivity index (χ4v) is 3.96. The molecule has 2 aliphatic carbocycles. The fraction of sp³-hybridized carbons (Fsp3) is 0.941. The Morgan fingerprint density at radius 2 is 1.47 bits per heavy atom. The molecule has 0 radical (unpaired) electrons. The Labute approximate surface area is 118 Å². The van der Waals surface area contributed by atoms with Gasteiger partial charge in [0.1, 0.15) is 0 Å². The summed E-state index contributed by atoms with van der Waals surface area (Å²) in [5, 5.41) is 0. The molecular weight excluding hydrogens is 236 g/mol. The van der Waals surface area contributed by atoms with Gasteiger partial charge in [0.15, 0.2) is 0 Å². The molecule has 0 bridgehead atoms. The summed E-state index contributed by atoms with van der Waals surface area (Å²) in [5.41, 5.74) is -0.0937. The third-order valence-electron chi connectivity index (χ3n) is 5.33. The predicted octanol–water partition coefficient (Wildman–Crippen LogP) is 4.86. The molecule has 2 heteroatoms. The van der Waals surface area contributed by atoms with Crippen molar-refractivity contribution in [3.8, 4) is 0 Å². The minimum atomic E-state index is -0.0937. The molecule has 110 valence electrons. The summed E-state index contributed by atoms with van der Waals surface area (Å²) in [6.45, 7) is 0. The molecule has 0 aromatic carbocycles. The van der Waals surface area contributed by atoms with Crippen molar-refractivity contribution in [2.24, 2.45) is 11.3 Å². The molecule has 2 rings (SSSR count). The Bertz CT molecular complexity index is 271. The van der Waals surface area contributed by atoms with E-state index in [0.29, 0.717) is 0 Å². The number of hydrogen-bond donors (Lipinski definition) is 0. The van der Waals surface area contributed by atoms with Gasteiger partial charge in [-0.15, -0.1) is 0 Å². The highest BCUT2D eigenvalue weighted by atomic mass is 16.5. The smallest absolute Gasteiger partial charge is 0.311 e. The minimum Gasteiger partial charge on any atom is -0.469 e. The Morgan fingerprint density at radius 1 is 0.947 bits per heavy atom. The quantitative estimate of drug-likeness (QED) is 0.682. The lowest BCUT2D eigenvalue weighted by Gasteiger charge is -2.41. The molecule has 0 N–H and O–H groups in total. The summed E-state index contributed by atoms with van der Waals surface area (Å²) < 4.78 is 5.06. The fourth-order valence-electron chi connectivity index (χ4n) is 3.96. The minimum absolute atomic E-state index is 0.0656. The molecule has 0 saturated heterocycles. The first-order chi connectivity index (χ1) is 9.27. The maximum atomic E-state index is 12.0. The highest BCUT2D eigenvalue weighted by Crippen LogP contribution is 2.48. The van der Waals surface area contributed by atoms with Crippen LogP contribution in [0.4, 0.5) is 0 Å². The molecular formula is C17H30O2. The van der Waals surface area contributed by atoms with E-state index >= 15 is 0 Å². The molecule has 0 aromatic heterocycles. The number of rotatable bonds is 3. The standard InChI is InChI=1S/C17H30O2/c1-19-16(18)17(12-9-13-17)14-15-10-7-5-3-2-4-6-8-11-15/h15H,2-14H2,1H3. The van der Waals surface area contributed by atoms with Crippen LogP contribution >= 0.6 is 0 Å². The third-order valence-corrected chi connectivity index (χ3v) is 5.33. The number of ether oxygens (including phenoxy) is 1. The van der Waals surface area contributed by atoms with Crippen molar-refractivity contribution in [3.05, 3.63) is 0 Å². The van der Waals surface area contributed by atoms with Gasteiger partial charge in [-0.25, -0.2) is 0 Å². The highest BCUT2D eigenvalue weighted by molar-refractivity contribution is 5.77. The van der Waals surface area contributed by atoms with E-state index < -0.39 is 0 Å². The molecule has 2 aliphatic rings. The zero-order valence-corrected chi connectivity index (χ0v) is 12.6. The van der Waals surface area contributed by atoms with Crippen LogP contribution in [0.1, 0.15) is 83.5 Å². The Morgan fingerprint density at radius 3 is 1.89 bits per heavy atom. The van der Waals surface area contributed by atoms with Crippen molar-refractivity contribution in [2.75, 3.05) is 7.11 Å². The van der Waals surface area contributed by atoms with Gasteiger partial charge in [0.25, 0.3) is 0 Å². The zero-order valence-electron chi connectivity index (χ0n) is 12.6. The largest absolute Gasteiger partial charge is 0.469 e. The van der Waals surface area contributed by atoms with Crippen molar-refractivity contribution in [1.29, 1.82) is 0 Å². The van der Waals surface area contributed by atoms with Gasteiger partial charge < -0.3 is 4.74 Å². The first-order valence-corrected chi connectivity index (χ1v) is 8.35. The summed E-state index contributed by atoms with van der Waals surface area (Å²) in [6.07, 6.45) is 16.9. The van der Waals surface area contributed by atoms with Crippen LogP contribution in [-0.4, -0.2) is 13.1 Å². The number of carbonyl (C=O) groups is 1. The van der Waals surface area contributed by atoms with Gasteiger partial charge in [-0.2, -0.15) is 0 Å². The van der Waals surface area contributed by atoms with Gasteiger partial charge in [-0.05, 0) is 25.2 Å². The first kappa shape index (κ1) is 14.9. The molecule has 0 heterocycles. The van der Waals surface area contributed by atoms with Crippen molar-refractivity contribution >= 4 is 5.97 Å². The van der Waals surface area contributed by atoms with Crippen LogP contribution in [0.3, 0.4) is 0 Å². The van der Waals surface area contributed by atoms with E-state index in [4.69, 9.17) is 4.74 Å². The van der Waals surface area contributed by atoms with Crippen molar-refractivity contribution < 1.29 is 9.53 Å². The van der Waals surface area contributed by atoms with Gasteiger partial charge in [0, 0.05) is 0 Å². The lowest BCUT2D eigenvalue weighted by atomic mass is 9.63. The molecule has 0 spiro atoms. The molecule has 0 amide bonds. The number of methoxy groups -OCH3 is 1. The summed E-state index contributed by atoms with van der Waals surface area (Å²) >= 11 is 0. The topological polar surface area (TPSA) is 26.3 Å². The molecule has 0 atom stereocenters. The maximum Gasteiger partial charge on any atom is 0.311 e. The molecule has 0 aromatic rings. The van der Waals surface area contributed by atoms with E-state index in [-0.39, 0.29) is 11.4 Å². The van der Waals surface area contributed by atoms with E-state index in [0.717, 1.165) is 25.2 Å². The summed E-state index contributed by atoms with van der Waals surface area (Å²) in [7, 11) is 1.55. The maximum absolute atomic E-state index is 12.0. The van der Waals surface area contributed by atoms with E-state index in [1.165, 1.54) is 64.2 Å². The van der Waals surface area contributed by atoms with Crippen LogP contribution in [0.5, 0.6) is 0 Å². The van der Waals surface area contributed by atoms with E-state index in [9.17, 15) is 4.79 Å². The molecule has 2 fully saturated rings. The van der Waals surface area contributed by atoms with E-state index in [2.05, 4.69) is 0 Å². The second-order valence-electron chi connectivity index (χ2n) is 6.75. The predicted molar refractivity (Wildman–Crippen MR) is 78.0 cm³/mol. The molecule has 0 unspecified atom stereocenters. The zero-order chi connectivity index (χ0) is 13.6. The average molecular weight is 266 g/mol. The van der Waals surface area contributed by atoms with Crippen molar-refractivity contribution in [1.82, 2.24) is 0 Å². The van der Waals surface area contributed by atoms with Gasteiger partial charge >= 0.3 is 5.97 Å². The lowest BCUT2D eigenvalue weighted by molar-refractivity contribution is -0.160. The van der Waals surface area contributed by atoms with Crippen LogP contribution in [0.2, 0.25) is 0 Å². The molecule has 2 saturated carbocycles.